The van der Waals surface area contributed by atoms with Crippen LogP contribution in [-0.2, 0) is 26.2 Å². The highest BCUT2D eigenvalue weighted by Gasteiger charge is 2.68. The van der Waals surface area contributed by atoms with Gasteiger partial charge >= 0.3 is 0 Å². The molecule has 41 heavy (non-hydrogen) atoms. The maximum absolute atomic E-state index is 14.4. The van der Waals surface area contributed by atoms with Crippen molar-refractivity contribution >= 4 is 29.6 Å². The van der Waals surface area contributed by atoms with Crippen molar-refractivity contribution in [3.8, 4) is 0 Å². The number of carbonyl (C=O) groups excluding carboxylic acids is 3. The van der Waals surface area contributed by atoms with Gasteiger partial charge in [-0.15, -0.1) is 0 Å². The Morgan fingerprint density at radius 2 is 1.44 bits per heavy atom. The second-order valence-electron chi connectivity index (χ2n) is 11.2. The third-order valence-electron chi connectivity index (χ3n) is 8.92. The molecule has 4 aromatic carbocycles. The minimum absolute atomic E-state index is 0.192. The minimum atomic E-state index is -1.01. The molecule has 6 nitrogen and oxygen atoms in total. The summed E-state index contributed by atoms with van der Waals surface area (Å²) in [5, 5.41) is 4.50. The molecule has 2 bridgehead atoms. The molecule has 1 fully saturated rings. The van der Waals surface area contributed by atoms with Crippen molar-refractivity contribution in [2.75, 3.05) is 4.90 Å². The van der Waals surface area contributed by atoms with Crippen molar-refractivity contribution in [1.82, 2.24) is 5.43 Å². The molecule has 4 aromatic rings. The van der Waals surface area contributed by atoms with Crippen molar-refractivity contribution in [3.63, 3.8) is 0 Å². The predicted octanol–water partition coefficient (Wildman–Crippen LogP) is 5.28. The molecule has 6 heteroatoms. The van der Waals surface area contributed by atoms with Crippen molar-refractivity contribution in [2.45, 2.75) is 31.1 Å². The summed E-state index contributed by atoms with van der Waals surface area (Å²) in [7, 11) is 0. The number of carbonyl (C=O) groups is 3. The molecule has 3 amide bonds. The van der Waals surface area contributed by atoms with Crippen LogP contribution in [0.3, 0.4) is 0 Å². The maximum atomic E-state index is 14.4. The van der Waals surface area contributed by atoms with Crippen LogP contribution in [0, 0.1) is 18.8 Å². The zero-order valence-electron chi connectivity index (χ0n) is 22.7. The van der Waals surface area contributed by atoms with E-state index in [2.05, 4.69) is 22.7 Å². The van der Waals surface area contributed by atoms with Crippen LogP contribution in [0.1, 0.15) is 45.7 Å². The molecule has 3 aliphatic carbocycles. The van der Waals surface area contributed by atoms with Crippen molar-refractivity contribution in [2.24, 2.45) is 16.9 Å². The van der Waals surface area contributed by atoms with E-state index < -0.39 is 17.3 Å². The zero-order chi connectivity index (χ0) is 28.1. The number of hydrazone groups is 1. The number of imide groups is 1. The van der Waals surface area contributed by atoms with Crippen molar-refractivity contribution in [3.05, 3.63) is 137 Å². The van der Waals surface area contributed by atoms with Gasteiger partial charge in [-0.1, -0.05) is 96.6 Å². The van der Waals surface area contributed by atoms with E-state index in [4.69, 9.17) is 0 Å². The Kier molecular flexibility index (Phi) is 5.93. The first-order valence-corrected chi connectivity index (χ1v) is 14.0. The first kappa shape index (κ1) is 25.1. The van der Waals surface area contributed by atoms with Gasteiger partial charge in [-0.25, -0.2) is 10.3 Å². The molecule has 0 aromatic heterocycles. The second-order valence-corrected chi connectivity index (χ2v) is 11.2. The second kappa shape index (κ2) is 9.66. The van der Waals surface area contributed by atoms with E-state index in [-0.39, 0.29) is 30.1 Å². The summed E-state index contributed by atoms with van der Waals surface area (Å²) >= 11 is 0. The first-order chi connectivity index (χ1) is 20.0. The normalized spacial score (nSPS) is 23.8. The molecule has 1 saturated heterocycles. The summed E-state index contributed by atoms with van der Waals surface area (Å²) in [5.41, 5.74) is 8.39. The van der Waals surface area contributed by atoms with E-state index in [1.165, 1.54) is 4.90 Å². The lowest BCUT2D eigenvalue weighted by atomic mass is 9.47. The highest BCUT2D eigenvalue weighted by molar-refractivity contribution is 6.25. The molecule has 8 rings (SSSR count). The quantitative estimate of drug-likeness (QED) is 0.206. The standard InChI is InChI=1S/C35H29N3O3/c1-22-15-18-24(19-16-22)38-33(40)31-30-25-11-5-7-13-27(25)35(32(31)34(38)41,28-14-8-6-12-26(28)30)21-36-37-29(39)20-17-23-9-3-2-4-10-23/h2-16,18-19,21,30-32H,17,20H2,1H3,(H,37,39)/b36-21-/t30?,31-,32-,35?/m0/s1. The minimum Gasteiger partial charge on any atom is -0.274 e. The predicted molar refractivity (Wildman–Crippen MR) is 158 cm³/mol. The van der Waals surface area contributed by atoms with E-state index in [0.29, 0.717) is 12.1 Å². The number of aryl methyl sites for hydroxylation is 2. The zero-order valence-corrected chi connectivity index (χ0v) is 22.7. The monoisotopic (exact) mass is 539 g/mol. The summed E-state index contributed by atoms with van der Waals surface area (Å²) < 4.78 is 0. The molecule has 0 saturated carbocycles. The molecular weight excluding hydrogens is 510 g/mol. The highest BCUT2D eigenvalue weighted by Crippen LogP contribution is 2.63. The fraction of sp³-hybridized carbons (Fsp3) is 0.200. The van der Waals surface area contributed by atoms with Gasteiger partial charge in [-0.3, -0.25) is 14.4 Å². The molecule has 1 N–H and O–H groups in total. The van der Waals surface area contributed by atoms with Gasteiger partial charge in [-0.05, 0) is 53.3 Å². The number of hydrogen-bond acceptors (Lipinski definition) is 4. The van der Waals surface area contributed by atoms with Gasteiger partial charge in [-0.2, -0.15) is 5.10 Å². The van der Waals surface area contributed by atoms with Gasteiger partial charge in [0.05, 0.1) is 22.9 Å². The Labute approximate surface area is 238 Å². The van der Waals surface area contributed by atoms with Crippen LogP contribution in [0.4, 0.5) is 5.69 Å². The molecule has 0 spiro atoms. The van der Waals surface area contributed by atoms with Gasteiger partial charge in [0.25, 0.3) is 0 Å². The first-order valence-electron chi connectivity index (χ1n) is 14.0. The lowest BCUT2D eigenvalue weighted by molar-refractivity contribution is -0.123. The van der Waals surface area contributed by atoms with Gasteiger partial charge in [0.2, 0.25) is 17.7 Å². The largest absolute Gasteiger partial charge is 0.274 e. The van der Waals surface area contributed by atoms with Crippen molar-refractivity contribution < 1.29 is 14.4 Å². The van der Waals surface area contributed by atoms with Crippen LogP contribution in [0.5, 0.6) is 0 Å². The summed E-state index contributed by atoms with van der Waals surface area (Å²) in [4.78, 5) is 42.7. The number of rotatable bonds is 6. The lowest BCUT2D eigenvalue weighted by Gasteiger charge is -2.52. The molecule has 1 aliphatic heterocycles. The summed E-state index contributed by atoms with van der Waals surface area (Å²) in [6.45, 7) is 1.98. The Balaban J connectivity index is 1.31. The van der Waals surface area contributed by atoms with Crippen LogP contribution in [0.25, 0.3) is 0 Å². The third-order valence-corrected chi connectivity index (χ3v) is 8.92. The Morgan fingerprint density at radius 1 is 0.829 bits per heavy atom. The molecule has 1 heterocycles. The molecule has 202 valence electrons. The third kappa shape index (κ3) is 3.78. The summed E-state index contributed by atoms with van der Waals surface area (Å²) in [6, 6.07) is 33.4. The fourth-order valence-electron chi connectivity index (χ4n) is 7.16. The Hall–Kier alpha value is -4.84. The van der Waals surface area contributed by atoms with Gasteiger partial charge in [0.1, 0.15) is 0 Å². The van der Waals surface area contributed by atoms with Crippen LogP contribution in [-0.4, -0.2) is 23.9 Å². The molecular formula is C35H29N3O3. The molecule has 4 aliphatic rings. The number of hydrogen-bond donors (Lipinski definition) is 1. The molecule has 0 unspecified atom stereocenters. The van der Waals surface area contributed by atoms with Gasteiger partial charge in [0.15, 0.2) is 0 Å². The number of amides is 3. The number of benzene rings is 4. The van der Waals surface area contributed by atoms with E-state index in [0.717, 1.165) is 33.4 Å². The maximum Gasteiger partial charge on any atom is 0.240 e. The topological polar surface area (TPSA) is 78.8 Å². The fourth-order valence-corrected chi connectivity index (χ4v) is 7.16. The average Bonchev–Trinajstić information content (AvgIpc) is 3.28. The smallest absolute Gasteiger partial charge is 0.240 e. The Bertz CT molecular complexity index is 1660. The van der Waals surface area contributed by atoms with Crippen LogP contribution >= 0.6 is 0 Å². The highest BCUT2D eigenvalue weighted by atomic mass is 16.2. The number of nitrogens with one attached hydrogen (secondary N) is 1. The lowest BCUT2D eigenvalue weighted by Crippen LogP contribution is -2.54. The summed E-state index contributed by atoms with van der Waals surface area (Å²) in [6.07, 6.45) is 2.60. The Morgan fingerprint density at radius 3 is 2.10 bits per heavy atom. The summed E-state index contributed by atoms with van der Waals surface area (Å²) in [5.74, 6) is -2.14. The van der Waals surface area contributed by atoms with E-state index in [1.54, 1.807) is 6.21 Å². The van der Waals surface area contributed by atoms with Gasteiger partial charge in [0, 0.05) is 18.6 Å². The van der Waals surface area contributed by atoms with E-state index in [9.17, 15) is 14.4 Å². The van der Waals surface area contributed by atoms with Gasteiger partial charge < -0.3 is 0 Å². The number of nitrogens with zero attached hydrogens (tertiary/aromatic N) is 2. The average molecular weight is 540 g/mol. The molecule has 0 radical (unpaired) electrons. The van der Waals surface area contributed by atoms with Crippen LogP contribution < -0.4 is 10.3 Å². The van der Waals surface area contributed by atoms with Crippen LogP contribution in [0.15, 0.2) is 108 Å². The SMILES string of the molecule is Cc1ccc(N2C(=O)[C@@H]3[C@@H](C2=O)C2c4ccccc4C3(/C=N\NC(=O)CCc3ccccc3)c3ccccc32)cc1. The van der Waals surface area contributed by atoms with E-state index >= 15 is 0 Å². The van der Waals surface area contributed by atoms with Crippen molar-refractivity contribution in [1.29, 1.82) is 0 Å². The number of anilines is 1. The van der Waals surface area contributed by atoms with E-state index in [1.807, 2.05) is 97.9 Å². The molecule has 2 atom stereocenters. The van der Waals surface area contributed by atoms with Crippen LogP contribution in [0.2, 0.25) is 0 Å².